The van der Waals surface area contributed by atoms with Crippen LogP contribution >= 0.6 is 0 Å². The predicted molar refractivity (Wildman–Crippen MR) is 95.3 cm³/mol. The van der Waals surface area contributed by atoms with E-state index in [2.05, 4.69) is 17.4 Å². The molecule has 1 aromatic carbocycles. The lowest BCUT2D eigenvalue weighted by atomic mass is 10.1. The molecular weight excluding hydrogens is 302 g/mol. The van der Waals surface area contributed by atoms with Crippen LogP contribution in [0.5, 0.6) is 0 Å². The summed E-state index contributed by atoms with van der Waals surface area (Å²) in [7, 11) is 3.51. The van der Waals surface area contributed by atoms with Gasteiger partial charge in [0.15, 0.2) is 0 Å². The van der Waals surface area contributed by atoms with Crippen LogP contribution in [-0.4, -0.2) is 21.6 Å². The second kappa shape index (κ2) is 6.74. The monoisotopic (exact) mass is 323 g/mol. The summed E-state index contributed by atoms with van der Waals surface area (Å²) < 4.78 is 3.28. The minimum atomic E-state index is -0.149. The van der Waals surface area contributed by atoms with Gasteiger partial charge in [0.1, 0.15) is 5.69 Å². The van der Waals surface area contributed by atoms with Crippen LogP contribution in [-0.2, 0) is 20.5 Å². The SMILES string of the molecule is Cn1ccc2c(cc(C(=O)NCCCc3ccccc3)n2C)c1=O. The van der Waals surface area contributed by atoms with Crippen molar-refractivity contribution < 1.29 is 4.79 Å². The van der Waals surface area contributed by atoms with Crippen LogP contribution in [0.4, 0.5) is 0 Å². The van der Waals surface area contributed by atoms with Crippen molar-refractivity contribution in [1.29, 1.82) is 0 Å². The maximum Gasteiger partial charge on any atom is 0.267 e. The van der Waals surface area contributed by atoms with Crippen LogP contribution < -0.4 is 10.9 Å². The molecule has 0 radical (unpaired) electrons. The van der Waals surface area contributed by atoms with E-state index in [0.717, 1.165) is 18.4 Å². The number of benzene rings is 1. The number of pyridine rings is 1. The first kappa shape index (κ1) is 16.1. The summed E-state index contributed by atoms with van der Waals surface area (Å²) in [6.45, 7) is 0.604. The van der Waals surface area contributed by atoms with Crippen LogP contribution in [0.15, 0.2) is 53.5 Å². The number of carbonyl (C=O) groups excluding carboxylic acids is 1. The highest BCUT2D eigenvalue weighted by atomic mass is 16.2. The minimum absolute atomic E-state index is 0.0915. The summed E-state index contributed by atoms with van der Waals surface area (Å²) in [5, 5.41) is 3.50. The third kappa shape index (κ3) is 3.11. The molecule has 0 saturated heterocycles. The third-order valence-corrected chi connectivity index (χ3v) is 4.29. The van der Waals surface area contributed by atoms with E-state index in [0.29, 0.717) is 17.6 Å². The molecule has 0 spiro atoms. The van der Waals surface area contributed by atoms with E-state index in [1.807, 2.05) is 24.3 Å². The standard InChI is InChI=1S/C19H21N3O2/c1-21-12-10-16-15(19(21)24)13-17(22(16)2)18(23)20-11-6-9-14-7-4-3-5-8-14/h3-5,7-8,10,12-13H,6,9,11H2,1-2H3,(H,20,23). The zero-order valence-corrected chi connectivity index (χ0v) is 14.0. The van der Waals surface area contributed by atoms with Gasteiger partial charge in [-0.15, -0.1) is 0 Å². The number of rotatable bonds is 5. The number of amides is 1. The van der Waals surface area contributed by atoms with Gasteiger partial charge in [-0.2, -0.15) is 0 Å². The van der Waals surface area contributed by atoms with Gasteiger partial charge in [-0.1, -0.05) is 30.3 Å². The Balaban J connectivity index is 1.67. The van der Waals surface area contributed by atoms with Gasteiger partial charge < -0.3 is 14.5 Å². The van der Waals surface area contributed by atoms with Crippen molar-refractivity contribution in [2.45, 2.75) is 12.8 Å². The largest absolute Gasteiger partial charge is 0.351 e. The van der Waals surface area contributed by atoms with Crippen LogP contribution in [0.3, 0.4) is 0 Å². The first-order chi connectivity index (χ1) is 11.6. The summed E-state index contributed by atoms with van der Waals surface area (Å²) in [6, 6.07) is 13.7. The summed E-state index contributed by atoms with van der Waals surface area (Å²) >= 11 is 0. The smallest absolute Gasteiger partial charge is 0.267 e. The maximum absolute atomic E-state index is 12.4. The van der Waals surface area contributed by atoms with Gasteiger partial charge in [0.25, 0.3) is 11.5 Å². The zero-order valence-electron chi connectivity index (χ0n) is 14.0. The fourth-order valence-corrected chi connectivity index (χ4v) is 2.88. The van der Waals surface area contributed by atoms with Crippen molar-refractivity contribution >= 4 is 16.8 Å². The van der Waals surface area contributed by atoms with Gasteiger partial charge in [-0.3, -0.25) is 9.59 Å². The number of hydrogen-bond donors (Lipinski definition) is 1. The molecule has 0 aliphatic heterocycles. The van der Waals surface area contributed by atoms with Gasteiger partial charge in [-0.05, 0) is 30.5 Å². The quantitative estimate of drug-likeness (QED) is 0.732. The Morgan fingerprint density at radius 2 is 1.88 bits per heavy atom. The van der Waals surface area contributed by atoms with Crippen molar-refractivity contribution in [2.24, 2.45) is 14.1 Å². The molecule has 0 aliphatic rings. The summed E-state index contributed by atoms with van der Waals surface area (Å²) in [6.07, 6.45) is 3.52. The summed E-state index contributed by atoms with van der Waals surface area (Å²) in [4.78, 5) is 24.6. The molecule has 0 aliphatic carbocycles. The molecule has 5 nitrogen and oxygen atoms in total. The lowest BCUT2D eigenvalue weighted by molar-refractivity contribution is 0.0945. The van der Waals surface area contributed by atoms with E-state index in [1.165, 1.54) is 10.1 Å². The average molecular weight is 323 g/mol. The van der Waals surface area contributed by atoms with E-state index in [1.54, 1.807) is 30.9 Å². The number of carbonyl (C=O) groups is 1. The van der Waals surface area contributed by atoms with E-state index in [-0.39, 0.29) is 11.5 Å². The number of hydrogen-bond acceptors (Lipinski definition) is 2. The molecule has 2 heterocycles. The van der Waals surface area contributed by atoms with E-state index in [4.69, 9.17) is 0 Å². The van der Waals surface area contributed by atoms with Gasteiger partial charge in [0.2, 0.25) is 0 Å². The van der Waals surface area contributed by atoms with Crippen molar-refractivity contribution in [2.75, 3.05) is 6.54 Å². The van der Waals surface area contributed by atoms with Gasteiger partial charge in [0.05, 0.1) is 10.9 Å². The second-order valence-electron chi connectivity index (χ2n) is 5.96. The van der Waals surface area contributed by atoms with Crippen LogP contribution in [0.1, 0.15) is 22.5 Å². The Bertz CT molecular complexity index is 923. The van der Waals surface area contributed by atoms with Crippen LogP contribution in [0.2, 0.25) is 0 Å². The normalized spacial score (nSPS) is 10.9. The lowest BCUT2D eigenvalue weighted by Crippen LogP contribution is -2.26. The van der Waals surface area contributed by atoms with Crippen molar-refractivity contribution in [3.63, 3.8) is 0 Å². The Hall–Kier alpha value is -2.82. The van der Waals surface area contributed by atoms with Gasteiger partial charge in [0, 0.05) is 26.8 Å². The minimum Gasteiger partial charge on any atom is -0.351 e. The second-order valence-corrected chi connectivity index (χ2v) is 5.96. The molecule has 124 valence electrons. The molecule has 0 unspecified atom stereocenters. The first-order valence-electron chi connectivity index (χ1n) is 8.05. The summed E-state index contributed by atoms with van der Waals surface area (Å²) in [5.41, 5.74) is 2.45. The van der Waals surface area contributed by atoms with Gasteiger partial charge >= 0.3 is 0 Å². The highest BCUT2D eigenvalue weighted by Gasteiger charge is 2.15. The Kier molecular flexibility index (Phi) is 4.51. The number of aryl methyl sites for hydroxylation is 3. The Labute approximate surface area is 140 Å². The van der Waals surface area contributed by atoms with Crippen molar-refractivity contribution in [3.8, 4) is 0 Å². The third-order valence-electron chi connectivity index (χ3n) is 4.29. The molecule has 0 saturated carbocycles. The van der Waals surface area contributed by atoms with E-state index in [9.17, 15) is 9.59 Å². The number of aromatic nitrogens is 2. The van der Waals surface area contributed by atoms with E-state index < -0.39 is 0 Å². The van der Waals surface area contributed by atoms with Gasteiger partial charge in [-0.25, -0.2) is 0 Å². The lowest BCUT2D eigenvalue weighted by Gasteiger charge is -2.07. The molecule has 2 aromatic heterocycles. The maximum atomic E-state index is 12.4. The Morgan fingerprint density at radius 1 is 1.12 bits per heavy atom. The molecule has 0 bridgehead atoms. The topological polar surface area (TPSA) is 56.0 Å². The first-order valence-corrected chi connectivity index (χ1v) is 8.05. The highest BCUT2D eigenvalue weighted by molar-refractivity contribution is 5.98. The molecule has 0 fully saturated rings. The molecule has 3 rings (SSSR count). The zero-order chi connectivity index (χ0) is 17.1. The van der Waals surface area contributed by atoms with Crippen LogP contribution in [0, 0.1) is 0 Å². The summed E-state index contributed by atoms with van der Waals surface area (Å²) in [5.74, 6) is -0.149. The highest BCUT2D eigenvalue weighted by Crippen LogP contribution is 2.15. The molecule has 1 N–H and O–H groups in total. The Morgan fingerprint density at radius 3 is 2.62 bits per heavy atom. The predicted octanol–water partition coefficient (Wildman–Crippen LogP) is 2.24. The fourth-order valence-electron chi connectivity index (χ4n) is 2.88. The van der Waals surface area contributed by atoms with Crippen molar-refractivity contribution in [3.05, 3.63) is 70.3 Å². The molecule has 1 amide bonds. The molecule has 24 heavy (non-hydrogen) atoms. The molecule has 5 heteroatoms. The fraction of sp³-hybridized carbons (Fsp3) is 0.263. The van der Waals surface area contributed by atoms with Crippen LogP contribution in [0.25, 0.3) is 10.9 Å². The average Bonchev–Trinajstić information content (AvgIpc) is 2.93. The number of fused-ring (bicyclic) bond motifs is 1. The molecule has 0 atom stereocenters. The number of nitrogens with one attached hydrogen (secondary N) is 1. The molecule has 3 aromatic rings. The van der Waals surface area contributed by atoms with Crippen molar-refractivity contribution in [1.82, 2.24) is 14.5 Å². The molecular formula is C19H21N3O2. The van der Waals surface area contributed by atoms with E-state index >= 15 is 0 Å². The number of nitrogens with zero attached hydrogens (tertiary/aromatic N) is 2.